The lowest BCUT2D eigenvalue weighted by atomic mass is 10.2. The van der Waals surface area contributed by atoms with Crippen LogP contribution >= 0.6 is 23.2 Å². The molecule has 2 aromatic rings. The fourth-order valence-electron chi connectivity index (χ4n) is 1.78. The van der Waals surface area contributed by atoms with E-state index >= 15 is 0 Å². The summed E-state index contributed by atoms with van der Waals surface area (Å²) in [5.41, 5.74) is 2.69. The van der Waals surface area contributed by atoms with Crippen LogP contribution in [0.25, 0.3) is 5.69 Å². The molecule has 0 saturated carbocycles. The van der Waals surface area contributed by atoms with Gasteiger partial charge in [-0.05, 0) is 39.1 Å². The highest BCUT2D eigenvalue weighted by Gasteiger charge is 2.15. The lowest BCUT2D eigenvalue weighted by Gasteiger charge is -2.08. The molecule has 1 atom stereocenters. The van der Waals surface area contributed by atoms with Crippen LogP contribution in [0.4, 0.5) is 0 Å². The number of nitrogens with zero attached hydrogens (tertiary/aromatic N) is 3. The molecule has 1 unspecified atom stereocenters. The van der Waals surface area contributed by atoms with Crippen molar-refractivity contribution in [3.05, 3.63) is 39.6 Å². The Kier molecular flexibility index (Phi) is 3.90. The number of hydrogen-bond donors (Lipinski definition) is 1. The molecule has 0 aliphatic heterocycles. The Bertz CT molecular complexity index is 545. The van der Waals surface area contributed by atoms with Gasteiger partial charge in [-0.15, -0.1) is 5.10 Å². The molecule has 0 amide bonds. The lowest BCUT2D eigenvalue weighted by Crippen LogP contribution is -2.14. The van der Waals surface area contributed by atoms with Crippen LogP contribution in [0, 0.1) is 6.92 Å². The summed E-state index contributed by atoms with van der Waals surface area (Å²) in [6, 6.07) is 5.45. The van der Waals surface area contributed by atoms with Crippen LogP contribution in [-0.2, 0) is 0 Å². The van der Waals surface area contributed by atoms with Crippen LogP contribution < -0.4 is 5.32 Å². The van der Waals surface area contributed by atoms with Gasteiger partial charge in [-0.1, -0.05) is 28.4 Å². The Morgan fingerprint density at radius 3 is 2.39 bits per heavy atom. The van der Waals surface area contributed by atoms with Crippen molar-refractivity contribution in [1.82, 2.24) is 20.3 Å². The normalized spacial score (nSPS) is 12.7. The van der Waals surface area contributed by atoms with Gasteiger partial charge >= 0.3 is 0 Å². The van der Waals surface area contributed by atoms with E-state index in [-0.39, 0.29) is 6.04 Å². The van der Waals surface area contributed by atoms with Crippen LogP contribution in [0.1, 0.15) is 24.4 Å². The molecular weight excluding hydrogens is 271 g/mol. The van der Waals surface area contributed by atoms with E-state index in [0.717, 1.165) is 17.1 Å². The van der Waals surface area contributed by atoms with Crippen molar-refractivity contribution in [2.45, 2.75) is 19.9 Å². The third kappa shape index (κ3) is 2.51. The standard InChI is InChI=1S/C12H14Cl2N4/c1-7(15-3)12-8(2)18(17-16-12)11-5-9(13)4-10(14)6-11/h4-7,15H,1-3H3. The quantitative estimate of drug-likeness (QED) is 0.942. The van der Waals surface area contributed by atoms with E-state index in [1.165, 1.54) is 0 Å². The molecule has 6 heteroatoms. The minimum atomic E-state index is 0.147. The third-order valence-corrected chi connectivity index (χ3v) is 3.30. The Morgan fingerprint density at radius 2 is 1.83 bits per heavy atom. The predicted molar refractivity (Wildman–Crippen MR) is 73.6 cm³/mol. The first-order chi connectivity index (χ1) is 8.52. The van der Waals surface area contributed by atoms with E-state index in [2.05, 4.69) is 15.6 Å². The molecule has 1 N–H and O–H groups in total. The summed E-state index contributed by atoms with van der Waals surface area (Å²) in [5, 5.41) is 12.6. The zero-order valence-corrected chi connectivity index (χ0v) is 11.9. The fourth-order valence-corrected chi connectivity index (χ4v) is 2.30. The molecule has 1 aromatic heterocycles. The molecule has 0 bridgehead atoms. The second kappa shape index (κ2) is 5.26. The average molecular weight is 285 g/mol. The van der Waals surface area contributed by atoms with Crippen molar-refractivity contribution >= 4 is 23.2 Å². The molecule has 4 nitrogen and oxygen atoms in total. The molecule has 1 aromatic carbocycles. The topological polar surface area (TPSA) is 42.7 Å². The van der Waals surface area contributed by atoms with E-state index in [1.54, 1.807) is 10.7 Å². The number of halogens is 2. The molecule has 0 saturated heterocycles. The van der Waals surface area contributed by atoms with Gasteiger partial charge in [-0.2, -0.15) is 0 Å². The van der Waals surface area contributed by atoms with Crippen molar-refractivity contribution in [2.75, 3.05) is 7.05 Å². The van der Waals surface area contributed by atoms with Crippen molar-refractivity contribution in [2.24, 2.45) is 0 Å². The van der Waals surface area contributed by atoms with Crippen molar-refractivity contribution in [3.8, 4) is 5.69 Å². The van der Waals surface area contributed by atoms with Gasteiger partial charge < -0.3 is 5.32 Å². The molecule has 1 heterocycles. The minimum absolute atomic E-state index is 0.147. The Balaban J connectivity index is 2.48. The van der Waals surface area contributed by atoms with Gasteiger partial charge in [0.15, 0.2) is 0 Å². The van der Waals surface area contributed by atoms with E-state index in [0.29, 0.717) is 10.0 Å². The van der Waals surface area contributed by atoms with Crippen LogP contribution in [0.2, 0.25) is 10.0 Å². The molecular formula is C12H14Cl2N4. The molecule has 0 spiro atoms. The molecule has 96 valence electrons. The maximum absolute atomic E-state index is 5.99. The molecule has 0 aliphatic rings. The number of rotatable bonds is 3. The van der Waals surface area contributed by atoms with E-state index in [4.69, 9.17) is 23.2 Å². The first kappa shape index (κ1) is 13.3. The highest BCUT2D eigenvalue weighted by molar-refractivity contribution is 6.34. The van der Waals surface area contributed by atoms with Gasteiger partial charge in [0, 0.05) is 10.0 Å². The monoisotopic (exact) mass is 284 g/mol. The zero-order valence-electron chi connectivity index (χ0n) is 10.4. The lowest BCUT2D eigenvalue weighted by molar-refractivity contribution is 0.627. The van der Waals surface area contributed by atoms with Gasteiger partial charge in [0.1, 0.15) is 5.69 Å². The summed E-state index contributed by atoms with van der Waals surface area (Å²) in [7, 11) is 1.89. The summed E-state index contributed by atoms with van der Waals surface area (Å²) in [6.07, 6.45) is 0. The van der Waals surface area contributed by atoms with E-state index in [9.17, 15) is 0 Å². The van der Waals surface area contributed by atoms with E-state index < -0.39 is 0 Å². The maximum atomic E-state index is 5.99. The van der Waals surface area contributed by atoms with E-state index in [1.807, 2.05) is 33.0 Å². The van der Waals surface area contributed by atoms with Crippen LogP contribution in [0.3, 0.4) is 0 Å². The predicted octanol–water partition coefficient (Wildman–Crippen LogP) is 3.16. The molecule has 0 radical (unpaired) electrons. The summed E-state index contributed by atoms with van der Waals surface area (Å²) in [5.74, 6) is 0. The van der Waals surface area contributed by atoms with Crippen molar-refractivity contribution < 1.29 is 0 Å². The van der Waals surface area contributed by atoms with Crippen LogP contribution in [0.5, 0.6) is 0 Å². The average Bonchev–Trinajstić information content (AvgIpc) is 2.69. The second-order valence-electron chi connectivity index (χ2n) is 4.11. The van der Waals surface area contributed by atoms with Crippen molar-refractivity contribution in [1.29, 1.82) is 0 Å². The highest BCUT2D eigenvalue weighted by Crippen LogP contribution is 2.23. The zero-order chi connectivity index (χ0) is 13.3. The Labute approximate surface area is 116 Å². The minimum Gasteiger partial charge on any atom is -0.312 e. The Hall–Kier alpha value is -1.10. The van der Waals surface area contributed by atoms with Gasteiger partial charge in [0.05, 0.1) is 17.4 Å². The summed E-state index contributed by atoms with van der Waals surface area (Å²) in [4.78, 5) is 0. The largest absolute Gasteiger partial charge is 0.312 e. The summed E-state index contributed by atoms with van der Waals surface area (Å²) >= 11 is 12.0. The first-order valence-corrected chi connectivity index (χ1v) is 6.34. The molecule has 0 aliphatic carbocycles. The van der Waals surface area contributed by atoms with Gasteiger partial charge in [0.2, 0.25) is 0 Å². The van der Waals surface area contributed by atoms with Crippen LogP contribution in [0.15, 0.2) is 18.2 Å². The highest BCUT2D eigenvalue weighted by atomic mass is 35.5. The van der Waals surface area contributed by atoms with Gasteiger partial charge in [0.25, 0.3) is 0 Å². The summed E-state index contributed by atoms with van der Waals surface area (Å²) < 4.78 is 1.74. The maximum Gasteiger partial charge on any atom is 0.103 e. The number of hydrogen-bond acceptors (Lipinski definition) is 3. The van der Waals surface area contributed by atoms with Gasteiger partial charge in [-0.25, -0.2) is 4.68 Å². The smallest absolute Gasteiger partial charge is 0.103 e. The number of nitrogens with one attached hydrogen (secondary N) is 1. The Morgan fingerprint density at radius 1 is 1.22 bits per heavy atom. The molecule has 0 fully saturated rings. The van der Waals surface area contributed by atoms with Gasteiger partial charge in [-0.3, -0.25) is 0 Å². The SMILES string of the molecule is CNC(C)c1nnn(-c2cc(Cl)cc(Cl)c2)c1C. The second-order valence-corrected chi connectivity index (χ2v) is 4.98. The van der Waals surface area contributed by atoms with Crippen molar-refractivity contribution in [3.63, 3.8) is 0 Å². The summed E-state index contributed by atoms with van der Waals surface area (Å²) in [6.45, 7) is 4.00. The van der Waals surface area contributed by atoms with Crippen LogP contribution in [-0.4, -0.2) is 22.0 Å². The number of benzene rings is 1. The fraction of sp³-hybridized carbons (Fsp3) is 0.333. The molecule has 2 rings (SSSR count). The molecule has 18 heavy (non-hydrogen) atoms. The number of aromatic nitrogens is 3. The first-order valence-electron chi connectivity index (χ1n) is 5.59. The third-order valence-electron chi connectivity index (χ3n) is 2.87.